The molecule has 0 bridgehead atoms. The Morgan fingerprint density at radius 1 is 1.03 bits per heavy atom. The van der Waals surface area contributed by atoms with Crippen LogP contribution in [0, 0.1) is 0 Å². The molecule has 2 aromatic carbocycles. The molecule has 1 saturated heterocycles. The van der Waals surface area contributed by atoms with E-state index in [1.54, 1.807) is 13.3 Å². The summed E-state index contributed by atoms with van der Waals surface area (Å²) in [5, 5.41) is 7.69. The summed E-state index contributed by atoms with van der Waals surface area (Å²) in [4.78, 5) is 18.1. The number of hydrogen-bond acceptors (Lipinski definition) is 10. The van der Waals surface area contributed by atoms with E-state index in [0.717, 1.165) is 48.7 Å². The minimum absolute atomic E-state index is 0.358. The van der Waals surface area contributed by atoms with Crippen molar-refractivity contribution in [3.8, 4) is 5.75 Å². The lowest BCUT2D eigenvalue weighted by molar-refractivity contribution is 0.122. The first-order chi connectivity index (χ1) is 17.7. The lowest BCUT2D eigenvalue weighted by Crippen LogP contribution is -2.37. The van der Waals surface area contributed by atoms with Crippen LogP contribution in [-0.4, -0.2) is 67.7 Å². The minimum Gasteiger partial charge on any atom is -0.496 e. The number of benzene rings is 2. The van der Waals surface area contributed by atoms with Gasteiger partial charge in [-0.3, -0.25) is 0 Å². The summed E-state index contributed by atoms with van der Waals surface area (Å²) >= 11 is 0. The second-order valence-corrected chi connectivity index (χ2v) is 8.19. The molecule has 2 N–H and O–H groups in total. The van der Waals surface area contributed by atoms with Gasteiger partial charge in [-0.2, -0.15) is 20.1 Å². The third-order valence-electron chi connectivity index (χ3n) is 5.92. The Labute approximate surface area is 212 Å². The zero-order chi connectivity index (χ0) is 25.2. The maximum atomic E-state index is 5.60. The molecule has 0 radical (unpaired) electrons. The van der Waals surface area contributed by atoms with E-state index in [2.05, 4.69) is 72.6 Å². The van der Waals surface area contributed by atoms with Gasteiger partial charge in [-0.1, -0.05) is 30.3 Å². The van der Waals surface area contributed by atoms with Crippen LogP contribution in [0.1, 0.15) is 25.0 Å². The number of morpholine rings is 1. The molecule has 2 heterocycles. The molecule has 190 valence electrons. The first kappa shape index (κ1) is 25.2. The quantitative estimate of drug-likeness (QED) is 0.308. The van der Waals surface area contributed by atoms with Crippen LogP contribution < -0.4 is 25.3 Å². The van der Waals surface area contributed by atoms with Crippen LogP contribution in [0.4, 0.5) is 23.5 Å². The Bertz CT molecular complexity index is 1130. The third kappa shape index (κ3) is 6.60. The Hall–Kier alpha value is -3.92. The molecule has 1 aliphatic heterocycles. The average molecular weight is 491 g/mol. The maximum Gasteiger partial charge on any atom is 0.250 e. The third-order valence-corrected chi connectivity index (χ3v) is 5.92. The van der Waals surface area contributed by atoms with Crippen LogP contribution in [0.3, 0.4) is 0 Å². The van der Waals surface area contributed by atoms with E-state index >= 15 is 0 Å². The summed E-state index contributed by atoms with van der Waals surface area (Å²) in [5.41, 5.74) is 6.07. The predicted octanol–water partition coefficient (Wildman–Crippen LogP) is 3.62. The van der Waals surface area contributed by atoms with Gasteiger partial charge in [0, 0.05) is 50.0 Å². The highest BCUT2D eigenvalue weighted by atomic mass is 16.5. The van der Waals surface area contributed by atoms with Gasteiger partial charge in [0.1, 0.15) is 5.75 Å². The number of nitrogens with zero attached hydrogens (tertiary/aromatic N) is 6. The van der Waals surface area contributed by atoms with E-state index in [-0.39, 0.29) is 0 Å². The van der Waals surface area contributed by atoms with Crippen molar-refractivity contribution in [1.82, 2.24) is 15.0 Å². The van der Waals surface area contributed by atoms with Crippen LogP contribution in [0.25, 0.3) is 0 Å². The average Bonchev–Trinajstić information content (AvgIpc) is 2.94. The molecule has 36 heavy (non-hydrogen) atoms. The molecule has 0 saturated carbocycles. The van der Waals surface area contributed by atoms with Crippen molar-refractivity contribution < 1.29 is 9.47 Å². The van der Waals surface area contributed by atoms with Gasteiger partial charge in [-0.05, 0) is 31.5 Å². The van der Waals surface area contributed by atoms with Crippen molar-refractivity contribution in [2.75, 3.05) is 67.0 Å². The van der Waals surface area contributed by atoms with Gasteiger partial charge >= 0.3 is 0 Å². The molecule has 1 aliphatic rings. The Morgan fingerprint density at radius 2 is 1.78 bits per heavy atom. The van der Waals surface area contributed by atoms with Crippen LogP contribution in [0.2, 0.25) is 0 Å². The molecule has 0 spiro atoms. The first-order valence-electron chi connectivity index (χ1n) is 12.3. The Morgan fingerprint density at radius 3 is 2.50 bits per heavy atom. The highest BCUT2D eigenvalue weighted by molar-refractivity contribution is 5.85. The number of anilines is 4. The summed E-state index contributed by atoms with van der Waals surface area (Å²) in [6, 6.07) is 16.2. The van der Waals surface area contributed by atoms with Gasteiger partial charge in [0.2, 0.25) is 17.8 Å². The molecular weight excluding hydrogens is 456 g/mol. The van der Waals surface area contributed by atoms with Crippen molar-refractivity contribution in [3.05, 3.63) is 59.7 Å². The van der Waals surface area contributed by atoms with Crippen molar-refractivity contribution in [2.45, 2.75) is 20.4 Å². The second-order valence-electron chi connectivity index (χ2n) is 8.19. The number of ether oxygens (including phenoxy) is 2. The minimum atomic E-state index is 0.358. The van der Waals surface area contributed by atoms with Crippen molar-refractivity contribution in [3.63, 3.8) is 0 Å². The number of aromatic nitrogens is 3. The molecule has 0 unspecified atom stereocenters. The first-order valence-corrected chi connectivity index (χ1v) is 12.3. The van der Waals surface area contributed by atoms with Crippen LogP contribution >= 0.6 is 0 Å². The molecule has 0 aliphatic carbocycles. The fourth-order valence-electron chi connectivity index (χ4n) is 3.93. The number of rotatable bonds is 11. The van der Waals surface area contributed by atoms with Gasteiger partial charge in [-0.25, -0.2) is 5.43 Å². The lowest BCUT2D eigenvalue weighted by Gasteiger charge is -2.27. The van der Waals surface area contributed by atoms with Crippen molar-refractivity contribution >= 4 is 29.7 Å². The Balaban J connectivity index is 1.52. The number of hydrogen-bond donors (Lipinski definition) is 2. The lowest BCUT2D eigenvalue weighted by atomic mass is 10.2. The zero-order valence-corrected chi connectivity index (χ0v) is 21.1. The van der Waals surface area contributed by atoms with Crippen LogP contribution in [0.5, 0.6) is 5.75 Å². The predicted molar refractivity (Wildman–Crippen MR) is 144 cm³/mol. The summed E-state index contributed by atoms with van der Waals surface area (Å²) in [6.07, 6.45) is 1.71. The van der Waals surface area contributed by atoms with E-state index in [9.17, 15) is 0 Å². The van der Waals surface area contributed by atoms with E-state index in [1.807, 2.05) is 30.3 Å². The summed E-state index contributed by atoms with van der Waals surface area (Å²) in [5.74, 6) is 2.17. The van der Waals surface area contributed by atoms with Gasteiger partial charge in [0.25, 0.3) is 0 Å². The van der Waals surface area contributed by atoms with E-state index in [1.165, 1.54) is 0 Å². The highest BCUT2D eigenvalue weighted by Crippen LogP contribution is 2.25. The topological polar surface area (TPSA) is 100 Å². The van der Waals surface area contributed by atoms with E-state index in [0.29, 0.717) is 37.6 Å². The van der Waals surface area contributed by atoms with Crippen molar-refractivity contribution in [1.29, 1.82) is 0 Å². The summed E-state index contributed by atoms with van der Waals surface area (Å²) in [6.45, 7) is 9.47. The van der Waals surface area contributed by atoms with Crippen LogP contribution in [0.15, 0.2) is 53.6 Å². The molecule has 4 rings (SSSR count). The zero-order valence-electron chi connectivity index (χ0n) is 21.1. The van der Waals surface area contributed by atoms with Crippen LogP contribution in [-0.2, 0) is 11.3 Å². The number of hydrazone groups is 1. The Kier molecular flexibility index (Phi) is 8.87. The summed E-state index contributed by atoms with van der Waals surface area (Å²) in [7, 11) is 1.66. The van der Waals surface area contributed by atoms with Gasteiger partial charge in [0.05, 0.1) is 26.5 Å². The highest BCUT2D eigenvalue weighted by Gasteiger charge is 2.16. The maximum absolute atomic E-state index is 5.60. The van der Waals surface area contributed by atoms with Gasteiger partial charge in [0.15, 0.2) is 0 Å². The summed E-state index contributed by atoms with van der Waals surface area (Å²) < 4.78 is 11.1. The fourth-order valence-corrected chi connectivity index (χ4v) is 3.93. The molecule has 0 amide bonds. The molecule has 10 nitrogen and oxygen atoms in total. The van der Waals surface area contributed by atoms with E-state index < -0.39 is 0 Å². The van der Waals surface area contributed by atoms with Gasteiger partial charge < -0.3 is 24.6 Å². The standard InChI is InChI=1S/C26H34N8O2/c1-4-33(5-2)22-12-11-21(23(17-22)35-3)19-28-32-25-29-24(27-18-20-9-7-6-8-10-20)30-26(31-25)34-13-15-36-16-14-34/h6-12,17,19H,4-5,13-16,18H2,1-3H3,(H2,27,29,30,31,32)/b28-19+. The second kappa shape index (κ2) is 12.7. The fraction of sp³-hybridized carbons (Fsp3) is 0.385. The normalized spacial score (nSPS) is 13.6. The SMILES string of the molecule is CCN(CC)c1ccc(/C=N/Nc2nc(NCc3ccccc3)nc(N3CCOCC3)n2)c(OC)c1. The number of nitrogens with one attached hydrogen (secondary N) is 2. The van der Waals surface area contributed by atoms with Gasteiger partial charge in [-0.15, -0.1) is 0 Å². The molecule has 1 fully saturated rings. The monoisotopic (exact) mass is 490 g/mol. The number of methoxy groups -OCH3 is 1. The van der Waals surface area contributed by atoms with E-state index in [4.69, 9.17) is 9.47 Å². The smallest absolute Gasteiger partial charge is 0.250 e. The molecular formula is C26H34N8O2. The van der Waals surface area contributed by atoms with Crippen molar-refractivity contribution in [2.24, 2.45) is 5.10 Å². The molecule has 1 aromatic heterocycles. The molecule has 3 aromatic rings. The largest absolute Gasteiger partial charge is 0.496 e. The molecule has 10 heteroatoms. The molecule has 0 atom stereocenters.